The minimum absolute atomic E-state index is 0.469. The summed E-state index contributed by atoms with van der Waals surface area (Å²) in [5.74, 6) is 0.719. The molecule has 0 amide bonds. The molecule has 0 saturated carbocycles. The Kier molecular flexibility index (Phi) is 7.00. The summed E-state index contributed by atoms with van der Waals surface area (Å²) in [7, 11) is 1.86. The lowest BCUT2D eigenvalue weighted by Gasteiger charge is -2.22. The van der Waals surface area contributed by atoms with Gasteiger partial charge in [-0.3, -0.25) is 9.98 Å². The van der Waals surface area contributed by atoms with E-state index in [1.807, 2.05) is 37.2 Å². The molecule has 26 heavy (non-hydrogen) atoms. The van der Waals surface area contributed by atoms with Crippen molar-refractivity contribution in [1.82, 2.24) is 15.2 Å². The van der Waals surface area contributed by atoms with Gasteiger partial charge in [-0.15, -0.1) is 0 Å². The normalized spacial score (nSPS) is 12.1. The number of hydrogen-bond donors (Lipinski definition) is 1. The number of nitrogens with one attached hydrogen (secondary N) is 1. The molecule has 0 unspecified atom stereocenters. The van der Waals surface area contributed by atoms with Crippen LogP contribution in [0, 0.1) is 0 Å². The zero-order chi connectivity index (χ0) is 19.0. The number of nitrogens with zero attached hydrogens (tertiary/aromatic N) is 3. The number of aromatic nitrogens is 1. The molecule has 0 bridgehead atoms. The smallest absolute Gasteiger partial charge is 0.357 e. The second-order valence-electron chi connectivity index (χ2n) is 5.90. The Bertz CT molecular complexity index is 697. The SMILES string of the molecule is CCNC(=NCCc1cccnc1)N(C)Cc1ccc(C(F)(F)F)cc1. The third-order valence-corrected chi connectivity index (χ3v) is 3.78. The molecule has 0 fully saturated rings. The molecule has 7 heteroatoms. The summed E-state index contributed by atoms with van der Waals surface area (Å²) in [4.78, 5) is 10.6. The summed E-state index contributed by atoms with van der Waals surface area (Å²) in [6.45, 7) is 3.76. The Labute approximate surface area is 151 Å². The van der Waals surface area contributed by atoms with Gasteiger partial charge in [0.15, 0.2) is 5.96 Å². The van der Waals surface area contributed by atoms with Crippen LogP contribution < -0.4 is 5.32 Å². The second-order valence-corrected chi connectivity index (χ2v) is 5.90. The van der Waals surface area contributed by atoms with Gasteiger partial charge in [-0.2, -0.15) is 13.2 Å². The van der Waals surface area contributed by atoms with Crippen LogP contribution in [0.15, 0.2) is 53.8 Å². The summed E-state index contributed by atoms with van der Waals surface area (Å²) in [5, 5.41) is 3.20. The van der Waals surface area contributed by atoms with Crippen molar-refractivity contribution in [2.45, 2.75) is 26.1 Å². The van der Waals surface area contributed by atoms with Gasteiger partial charge in [0.25, 0.3) is 0 Å². The number of pyridine rings is 1. The van der Waals surface area contributed by atoms with Crippen molar-refractivity contribution in [3.63, 3.8) is 0 Å². The van der Waals surface area contributed by atoms with Gasteiger partial charge in [-0.1, -0.05) is 18.2 Å². The zero-order valence-corrected chi connectivity index (χ0v) is 14.9. The highest BCUT2D eigenvalue weighted by Crippen LogP contribution is 2.29. The molecule has 1 N–H and O–H groups in total. The molecular weight excluding hydrogens is 341 g/mol. The molecule has 4 nitrogen and oxygen atoms in total. The maximum Gasteiger partial charge on any atom is 0.416 e. The molecule has 0 atom stereocenters. The number of halogens is 3. The fourth-order valence-electron chi connectivity index (χ4n) is 2.45. The van der Waals surface area contributed by atoms with Crippen molar-refractivity contribution >= 4 is 5.96 Å². The Hall–Kier alpha value is -2.57. The molecule has 1 aromatic heterocycles. The van der Waals surface area contributed by atoms with Crippen LogP contribution in [0.3, 0.4) is 0 Å². The van der Waals surface area contributed by atoms with E-state index in [4.69, 9.17) is 0 Å². The number of benzene rings is 1. The zero-order valence-electron chi connectivity index (χ0n) is 14.9. The fraction of sp³-hybridized carbons (Fsp3) is 0.368. The van der Waals surface area contributed by atoms with Crippen LogP contribution in [0.25, 0.3) is 0 Å². The van der Waals surface area contributed by atoms with Crippen molar-refractivity contribution in [1.29, 1.82) is 0 Å². The lowest BCUT2D eigenvalue weighted by Crippen LogP contribution is -2.38. The van der Waals surface area contributed by atoms with E-state index in [0.717, 1.165) is 35.6 Å². The van der Waals surface area contributed by atoms with Crippen LogP contribution >= 0.6 is 0 Å². The Morgan fingerprint density at radius 1 is 1.15 bits per heavy atom. The topological polar surface area (TPSA) is 40.5 Å². The first-order valence-electron chi connectivity index (χ1n) is 8.44. The first kappa shape index (κ1) is 19.8. The van der Waals surface area contributed by atoms with Crippen LogP contribution in [-0.2, 0) is 19.1 Å². The van der Waals surface area contributed by atoms with E-state index in [-0.39, 0.29) is 0 Å². The number of alkyl halides is 3. The molecule has 0 saturated heterocycles. The molecule has 0 aliphatic heterocycles. The highest BCUT2D eigenvalue weighted by Gasteiger charge is 2.29. The van der Waals surface area contributed by atoms with Crippen molar-refractivity contribution in [3.8, 4) is 0 Å². The summed E-state index contributed by atoms with van der Waals surface area (Å²) < 4.78 is 37.9. The number of hydrogen-bond acceptors (Lipinski definition) is 2. The van der Waals surface area contributed by atoms with Crippen LogP contribution in [-0.4, -0.2) is 36.0 Å². The molecule has 1 heterocycles. The molecule has 0 aliphatic rings. The monoisotopic (exact) mass is 364 g/mol. The van der Waals surface area contributed by atoms with E-state index >= 15 is 0 Å². The van der Waals surface area contributed by atoms with Gasteiger partial charge >= 0.3 is 6.18 Å². The standard InChI is InChI=1S/C19H23F3N4/c1-3-24-18(25-12-10-15-5-4-11-23-13-15)26(2)14-16-6-8-17(9-7-16)19(20,21)22/h4-9,11,13H,3,10,12,14H2,1-2H3,(H,24,25). The number of rotatable bonds is 6. The Balaban J connectivity index is 1.98. The lowest BCUT2D eigenvalue weighted by atomic mass is 10.1. The highest BCUT2D eigenvalue weighted by molar-refractivity contribution is 5.79. The molecule has 140 valence electrons. The van der Waals surface area contributed by atoms with Gasteiger partial charge < -0.3 is 10.2 Å². The average Bonchev–Trinajstić information content (AvgIpc) is 2.61. The van der Waals surface area contributed by atoms with E-state index in [1.54, 1.807) is 6.20 Å². The van der Waals surface area contributed by atoms with E-state index in [9.17, 15) is 13.2 Å². The quantitative estimate of drug-likeness (QED) is 0.627. The van der Waals surface area contributed by atoms with Gasteiger partial charge in [0.05, 0.1) is 5.56 Å². The van der Waals surface area contributed by atoms with Gasteiger partial charge in [0.2, 0.25) is 0 Å². The molecule has 1 aromatic carbocycles. The average molecular weight is 364 g/mol. The maximum absolute atomic E-state index is 12.6. The lowest BCUT2D eigenvalue weighted by molar-refractivity contribution is -0.137. The molecule has 0 radical (unpaired) electrons. The van der Waals surface area contributed by atoms with Crippen LogP contribution in [0.1, 0.15) is 23.6 Å². The molecule has 0 spiro atoms. The first-order valence-corrected chi connectivity index (χ1v) is 8.44. The third kappa shape index (κ3) is 6.06. The first-order chi connectivity index (χ1) is 12.4. The molecule has 2 rings (SSSR count). The Morgan fingerprint density at radius 3 is 2.46 bits per heavy atom. The fourth-order valence-corrected chi connectivity index (χ4v) is 2.45. The van der Waals surface area contributed by atoms with Crippen LogP contribution in [0.2, 0.25) is 0 Å². The number of guanidine groups is 1. The van der Waals surface area contributed by atoms with Gasteiger partial charge in [-0.05, 0) is 42.7 Å². The van der Waals surface area contributed by atoms with Crippen LogP contribution in [0.4, 0.5) is 13.2 Å². The van der Waals surface area contributed by atoms with Crippen molar-refractivity contribution < 1.29 is 13.2 Å². The van der Waals surface area contributed by atoms with Crippen molar-refractivity contribution in [3.05, 3.63) is 65.5 Å². The Morgan fingerprint density at radius 2 is 1.88 bits per heavy atom. The van der Waals surface area contributed by atoms with E-state index < -0.39 is 11.7 Å². The summed E-state index contributed by atoms with van der Waals surface area (Å²) in [5.41, 5.74) is 1.26. The minimum atomic E-state index is -4.31. The van der Waals surface area contributed by atoms with Crippen molar-refractivity contribution in [2.24, 2.45) is 4.99 Å². The number of aliphatic imine (C=N–C) groups is 1. The summed E-state index contributed by atoms with van der Waals surface area (Å²) >= 11 is 0. The third-order valence-electron chi connectivity index (χ3n) is 3.78. The predicted octanol–water partition coefficient (Wildman–Crippen LogP) is 3.74. The van der Waals surface area contributed by atoms with Gasteiger partial charge in [0.1, 0.15) is 0 Å². The van der Waals surface area contributed by atoms with Gasteiger partial charge in [-0.25, -0.2) is 0 Å². The summed E-state index contributed by atoms with van der Waals surface area (Å²) in [6.07, 6.45) is 0.00694. The maximum atomic E-state index is 12.6. The second kappa shape index (κ2) is 9.22. The minimum Gasteiger partial charge on any atom is -0.357 e. The molecule has 0 aliphatic carbocycles. The van der Waals surface area contributed by atoms with E-state index in [0.29, 0.717) is 19.6 Å². The molecular formula is C19H23F3N4. The summed E-state index contributed by atoms with van der Waals surface area (Å²) in [6, 6.07) is 9.10. The van der Waals surface area contributed by atoms with E-state index in [1.165, 1.54) is 12.1 Å². The van der Waals surface area contributed by atoms with E-state index in [2.05, 4.69) is 15.3 Å². The predicted molar refractivity (Wildman–Crippen MR) is 96.8 cm³/mol. The van der Waals surface area contributed by atoms with Crippen molar-refractivity contribution in [2.75, 3.05) is 20.1 Å². The highest BCUT2D eigenvalue weighted by atomic mass is 19.4. The molecule has 2 aromatic rings. The largest absolute Gasteiger partial charge is 0.416 e. The van der Waals surface area contributed by atoms with Gasteiger partial charge in [0, 0.05) is 39.1 Å². The van der Waals surface area contributed by atoms with Crippen LogP contribution in [0.5, 0.6) is 0 Å².